The smallest absolute Gasteiger partial charge is 0.104 e. The van der Waals surface area contributed by atoms with Crippen LogP contribution in [0, 0.1) is 6.92 Å². The third-order valence-corrected chi connectivity index (χ3v) is 3.49. The molecule has 0 aliphatic carbocycles. The molecule has 0 aliphatic rings. The van der Waals surface area contributed by atoms with Gasteiger partial charge in [0.15, 0.2) is 0 Å². The lowest BCUT2D eigenvalue weighted by atomic mass is 10.0. The Kier molecular flexibility index (Phi) is 1.78. The second-order valence-electron chi connectivity index (χ2n) is 4.67. The van der Waals surface area contributed by atoms with Crippen LogP contribution in [-0.2, 0) is 0 Å². The van der Waals surface area contributed by atoms with Crippen molar-refractivity contribution in [1.82, 2.24) is 9.97 Å². The van der Waals surface area contributed by atoms with E-state index in [-0.39, 0.29) is 0 Å². The van der Waals surface area contributed by atoms with Crippen LogP contribution in [0.25, 0.3) is 32.6 Å². The van der Waals surface area contributed by atoms with Gasteiger partial charge in [-0.2, -0.15) is 0 Å². The fraction of sp³-hybridized carbons (Fsp3) is 0.0625. The van der Waals surface area contributed by atoms with Crippen molar-refractivity contribution in [3.63, 3.8) is 0 Å². The van der Waals surface area contributed by atoms with Crippen LogP contribution in [-0.4, -0.2) is 9.97 Å². The molecule has 0 spiro atoms. The maximum atomic E-state index is 4.59. The van der Waals surface area contributed by atoms with Gasteiger partial charge in [-0.3, -0.25) is 0 Å². The number of hydrogen-bond donors (Lipinski definition) is 1. The Morgan fingerprint density at radius 2 is 1.67 bits per heavy atom. The van der Waals surface area contributed by atoms with Crippen LogP contribution < -0.4 is 0 Å². The Hall–Kier alpha value is -2.35. The summed E-state index contributed by atoms with van der Waals surface area (Å²) in [6.45, 7) is 1.99. The summed E-state index contributed by atoms with van der Waals surface area (Å²) in [7, 11) is 0. The summed E-state index contributed by atoms with van der Waals surface area (Å²) in [5, 5.41) is 5.05. The van der Waals surface area contributed by atoms with E-state index in [2.05, 4.69) is 58.5 Å². The Labute approximate surface area is 104 Å². The largest absolute Gasteiger partial charge is 0.342 e. The van der Waals surface area contributed by atoms with Crippen LogP contribution in [0.3, 0.4) is 0 Å². The van der Waals surface area contributed by atoms with Crippen molar-refractivity contribution in [2.75, 3.05) is 0 Å². The van der Waals surface area contributed by atoms with E-state index in [0.29, 0.717) is 0 Å². The van der Waals surface area contributed by atoms with E-state index in [4.69, 9.17) is 0 Å². The Morgan fingerprint density at radius 3 is 2.61 bits per heavy atom. The second-order valence-corrected chi connectivity index (χ2v) is 4.67. The number of benzene rings is 3. The van der Waals surface area contributed by atoms with E-state index in [9.17, 15) is 0 Å². The number of nitrogens with zero attached hydrogens (tertiary/aromatic N) is 1. The highest BCUT2D eigenvalue weighted by Crippen LogP contribution is 2.29. The fourth-order valence-corrected chi connectivity index (χ4v) is 2.68. The lowest BCUT2D eigenvalue weighted by Crippen LogP contribution is -1.79. The number of imidazole rings is 1. The summed E-state index contributed by atoms with van der Waals surface area (Å²) in [6, 6.07) is 17.1. The third-order valence-electron chi connectivity index (χ3n) is 3.49. The molecule has 0 radical (unpaired) electrons. The molecule has 0 amide bonds. The number of H-pyrrole nitrogens is 1. The normalized spacial score (nSPS) is 11.6. The molecule has 0 atom stereocenters. The van der Waals surface area contributed by atoms with E-state index >= 15 is 0 Å². The summed E-state index contributed by atoms with van der Waals surface area (Å²) in [6.07, 6.45) is 0. The molecule has 1 aromatic heterocycles. The summed E-state index contributed by atoms with van der Waals surface area (Å²) in [5.41, 5.74) is 2.17. The molecule has 0 unspecified atom stereocenters. The van der Waals surface area contributed by atoms with E-state index in [1.807, 2.05) is 6.92 Å². The van der Waals surface area contributed by atoms with Crippen molar-refractivity contribution in [3.8, 4) is 0 Å². The molecule has 0 saturated carbocycles. The standard InChI is InChI=1S/C16H12N2/c1-10-17-15-9-8-13-12-5-3-2-4-11(12)6-7-14(13)16(15)18-10/h2-9H,1H3,(H,17,18). The molecular weight excluding hydrogens is 220 g/mol. The highest BCUT2D eigenvalue weighted by Gasteiger charge is 2.06. The van der Waals surface area contributed by atoms with Gasteiger partial charge in [-0.05, 0) is 29.1 Å². The lowest BCUT2D eigenvalue weighted by Gasteiger charge is -2.03. The summed E-state index contributed by atoms with van der Waals surface area (Å²) in [4.78, 5) is 7.88. The number of hydrogen-bond acceptors (Lipinski definition) is 1. The van der Waals surface area contributed by atoms with Crippen molar-refractivity contribution in [1.29, 1.82) is 0 Å². The van der Waals surface area contributed by atoms with Gasteiger partial charge in [-0.25, -0.2) is 4.98 Å². The summed E-state index contributed by atoms with van der Waals surface area (Å²) in [5.74, 6) is 0.964. The molecular formula is C16H12N2. The van der Waals surface area contributed by atoms with Crippen molar-refractivity contribution in [2.24, 2.45) is 0 Å². The summed E-state index contributed by atoms with van der Waals surface area (Å²) >= 11 is 0. The second kappa shape index (κ2) is 3.33. The first-order chi connectivity index (χ1) is 8.83. The lowest BCUT2D eigenvalue weighted by molar-refractivity contribution is 1.17. The van der Waals surface area contributed by atoms with E-state index in [1.165, 1.54) is 21.5 Å². The van der Waals surface area contributed by atoms with Crippen molar-refractivity contribution < 1.29 is 0 Å². The maximum absolute atomic E-state index is 4.59. The van der Waals surface area contributed by atoms with Crippen molar-refractivity contribution in [3.05, 3.63) is 54.4 Å². The number of fused-ring (bicyclic) bond motifs is 5. The molecule has 0 fully saturated rings. The van der Waals surface area contributed by atoms with E-state index < -0.39 is 0 Å². The molecule has 3 aromatic carbocycles. The zero-order valence-electron chi connectivity index (χ0n) is 10.1. The first-order valence-electron chi connectivity index (χ1n) is 6.10. The van der Waals surface area contributed by atoms with Crippen LogP contribution in [0.5, 0.6) is 0 Å². The molecule has 0 saturated heterocycles. The topological polar surface area (TPSA) is 28.7 Å². The molecule has 86 valence electrons. The number of rotatable bonds is 0. The molecule has 1 heterocycles. The van der Waals surface area contributed by atoms with Crippen molar-refractivity contribution in [2.45, 2.75) is 6.92 Å². The minimum Gasteiger partial charge on any atom is -0.342 e. The molecule has 0 bridgehead atoms. The van der Waals surface area contributed by atoms with Crippen LogP contribution in [0.2, 0.25) is 0 Å². The highest BCUT2D eigenvalue weighted by atomic mass is 14.9. The van der Waals surface area contributed by atoms with Gasteiger partial charge < -0.3 is 4.98 Å². The Bertz CT molecular complexity index is 887. The molecule has 2 nitrogen and oxygen atoms in total. The quantitative estimate of drug-likeness (QED) is 0.453. The Balaban J connectivity index is 2.30. The first-order valence-corrected chi connectivity index (χ1v) is 6.10. The third kappa shape index (κ3) is 1.20. The predicted octanol–water partition coefficient (Wildman–Crippen LogP) is 4.18. The number of aryl methyl sites for hydroxylation is 1. The van der Waals surface area contributed by atoms with Crippen LogP contribution in [0.1, 0.15) is 5.82 Å². The highest BCUT2D eigenvalue weighted by molar-refractivity contribution is 6.15. The van der Waals surface area contributed by atoms with Crippen molar-refractivity contribution >= 4 is 32.6 Å². The van der Waals surface area contributed by atoms with E-state index in [1.54, 1.807) is 0 Å². The van der Waals surface area contributed by atoms with Gasteiger partial charge in [-0.1, -0.05) is 42.5 Å². The van der Waals surface area contributed by atoms with Crippen LogP contribution in [0.15, 0.2) is 48.5 Å². The average Bonchev–Trinajstić information content (AvgIpc) is 2.79. The number of aromatic amines is 1. The minimum absolute atomic E-state index is 0.964. The van der Waals surface area contributed by atoms with Crippen LogP contribution >= 0.6 is 0 Å². The molecule has 2 heteroatoms. The van der Waals surface area contributed by atoms with Gasteiger partial charge in [0, 0.05) is 5.39 Å². The number of nitrogens with one attached hydrogen (secondary N) is 1. The van der Waals surface area contributed by atoms with Gasteiger partial charge in [0.1, 0.15) is 5.82 Å². The SMILES string of the molecule is Cc1nc2c(ccc3c4ccccc4ccc32)[nH]1. The van der Waals surface area contributed by atoms with Gasteiger partial charge in [0.2, 0.25) is 0 Å². The molecule has 4 rings (SSSR count). The molecule has 0 aliphatic heterocycles. The van der Waals surface area contributed by atoms with Gasteiger partial charge >= 0.3 is 0 Å². The molecule has 1 N–H and O–H groups in total. The van der Waals surface area contributed by atoms with Gasteiger partial charge in [0.25, 0.3) is 0 Å². The zero-order valence-corrected chi connectivity index (χ0v) is 10.1. The minimum atomic E-state index is 0.964. The monoisotopic (exact) mass is 232 g/mol. The predicted molar refractivity (Wildman–Crippen MR) is 75.8 cm³/mol. The molecule has 18 heavy (non-hydrogen) atoms. The molecule has 4 aromatic rings. The maximum Gasteiger partial charge on any atom is 0.104 e. The van der Waals surface area contributed by atoms with Gasteiger partial charge in [0.05, 0.1) is 11.0 Å². The fourth-order valence-electron chi connectivity index (χ4n) is 2.68. The summed E-state index contributed by atoms with van der Waals surface area (Å²) < 4.78 is 0. The Morgan fingerprint density at radius 1 is 0.833 bits per heavy atom. The van der Waals surface area contributed by atoms with Crippen LogP contribution in [0.4, 0.5) is 0 Å². The number of aromatic nitrogens is 2. The average molecular weight is 232 g/mol. The van der Waals surface area contributed by atoms with E-state index in [0.717, 1.165) is 16.9 Å². The zero-order chi connectivity index (χ0) is 12.1. The first kappa shape index (κ1) is 9.66. The van der Waals surface area contributed by atoms with Gasteiger partial charge in [-0.15, -0.1) is 0 Å².